The second kappa shape index (κ2) is 4.85. The van der Waals surface area contributed by atoms with Crippen LogP contribution in [-0.2, 0) is 0 Å². The van der Waals surface area contributed by atoms with Crippen molar-refractivity contribution in [3.8, 4) is 0 Å². The number of hydrogen-bond acceptors (Lipinski definition) is 4. The Morgan fingerprint density at radius 3 is 3.00 bits per heavy atom. The molecule has 0 bridgehead atoms. The molecule has 0 saturated heterocycles. The van der Waals surface area contributed by atoms with Crippen LogP contribution in [0.3, 0.4) is 0 Å². The molecule has 2 heterocycles. The highest BCUT2D eigenvalue weighted by Crippen LogP contribution is 2.39. The van der Waals surface area contributed by atoms with Gasteiger partial charge in [-0.2, -0.15) is 5.10 Å². The molecule has 2 aromatic rings. The highest BCUT2D eigenvalue weighted by molar-refractivity contribution is 6.18. The molecule has 102 valence electrons. The van der Waals surface area contributed by atoms with E-state index in [0.717, 1.165) is 25.2 Å². The molecule has 1 fully saturated rings. The fourth-order valence-corrected chi connectivity index (χ4v) is 3.03. The molecule has 0 aromatic carbocycles. The van der Waals surface area contributed by atoms with Gasteiger partial charge in [0.1, 0.15) is 12.1 Å². The third kappa shape index (κ3) is 2.32. The molecule has 0 radical (unpaired) electrons. The lowest BCUT2D eigenvalue weighted by molar-refractivity contribution is 0.368. The predicted molar refractivity (Wildman–Crippen MR) is 73.7 cm³/mol. The normalized spacial score (nSPS) is 17.9. The average molecular weight is 282 g/mol. The number of alkyl halides is 1. The Morgan fingerprint density at radius 1 is 1.47 bits per heavy atom. The number of aromatic nitrogens is 4. The molecule has 7 heteroatoms. The third-order valence-electron chi connectivity index (χ3n) is 3.90. The van der Waals surface area contributed by atoms with Crippen LogP contribution in [0.2, 0.25) is 0 Å². The Morgan fingerprint density at radius 2 is 2.26 bits per heavy atom. The van der Waals surface area contributed by atoms with Gasteiger partial charge in [-0.25, -0.2) is 19.3 Å². The summed E-state index contributed by atoms with van der Waals surface area (Å²) in [5, 5.41) is 9.62. The molecule has 1 saturated carbocycles. The van der Waals surface area contributed by atoms with E-state index in [1.54, 1.807) is 6.07 Å². The highest BCUT2D eigenvalue weighted by Gasteiger charge is 2.32. The molecule has 0 aliphatic heterocycles. The van der Waals surface area contributed by atoms with Crippen LogP contribution in [0.25, 0.3) is 5.65 Å². The van der Waals surface area contributed by atoms with Crippen molar-refractivity contribution in [3.63, 3.8) is 0 Å². The van der Waals surface area contributed by atoms with Gasteiger partial charge in [0.2, 0.25) is 0 Å². The molecule has 19 heavy (non-hydrogen) atoms. The summed E-state index contributed by atoms with van der Waals surface area (Å²) < 4.78 is 1.37. The van der Waals surface area contributed by atoms with Crippen LogP contribution in [0.1, 0.15) is 25.7 Å². The van der Waals surface area contributed by atoms with Crippen molar-refractivity contribution in [1.29, 1.82) is 0 Å². The van der Waals surface area contributed by atoms with Gasteiger partial charge in [0.05, 0.1) is 0 Å². The molecule has 3 rings (SSSR count). The van der Waals surface area contributed by atoms with Gasteiger partial charge in [0, 0.05) is 23.9 Å². The van der Waals surface area contributed by atoms with E-state index >= 15 is 0 Å². The van der Waals surface area contributed by atoms with E-state index in [4.69, 9.17) is 11.6 Å². The van der Waals surface area contributed by atoms with Gasteiger partial charge in [-0.15, -0.1) is 11.6 Å². The van der Waals surface area contributed by atoms with Crippen LogP contribution in [0.5, 0.6) is 0 Å². The summed E-state index contributed by atoms with van der Waals surface area (Å²) >= 11 is 6.11. The zero-order valence-electron chi connectivity index (χ0n) is 10.5. The first kappa shape index (κ1) is 12.5. The quantitative estimate of drug-likeness (QED) is 0.835. The fourth-order valence-electron chi connectivity index (χ4n) is 2.67. The van der Waals surface area contributed by atoms with Crippen molar-refractivity contribution in [1.82, 2.24) is 19.6 Å². The number of H-pyrrole nitrogens is 1. The molecule has 0 unspecified atom stereocenters. The van der Waals surface area contributed by atoms with Gasteiger partial charge in [0.25, 0.3) is 0 Å². The summed E-state index contributed by atoms with van der Waals surface area (Å²) in [4.78, 5) is 15.5. The van der Waals surface area contributed by atoms with E-state index in [1.165, 1.54) is 23.6 Å². The van der Waals surface area contributed by atoms with Crippen molar-refractivity contribution in [2.45, 2.75) is 25.7 Å². The number of anilines is 1. The number of hydrogen-bond donors (Lipinski definition) is 2. The molecule has 1 aliphatic carbocycles. The Kier molecular flexibility index (Phi) is 3.18. The van der Waals surface area contributed by atoms with Crippen LogP contribution < -0.4 is 11.0 Å². The van der Waals surface area contributed by atoms with Crippen LogP contribution >= 0.6 is 11.6 Å². The smallest absolute Gasteiger partial charge is 0.348 e. The fraction of sp³-hybridized carbons (Fsp3) is 0.583. The van der Waals surface area contributed by atoms with Crippen molar-refractivity contribution < 1.29 is 0 Å². The topological polar surface area (TPSA) is 75.1 Å². The zero-order valence-corrected chi connectivity index (χ0v) is 11.3. The maximum Gasteiger partial charge on any atom is 0.348 e. The Labute approximate surface area is 115 Å². The standard InChI is InChI=1S/C12H16ClN5O/c13-6-12(3-1-2-4-12)7-14-9-5-10-16-17-11(19)18(10)8-15-9/h5,8,14H,1-4,6-7H2,(H,17,19). The Balaban J connectivity index is 1.76. The first-order valence-corrected chi connectivity index (χ1v) is 6.99. The van der Waals surface area contributed by atoms with Gasteiger partial charge in [-0.05, 0) is 12.8 Å². The Hall–Kier alpha value is -1.56. The van der Waals surface area contributed by atoms with Crippen molar-refractivity contribution in [2.24, 2.45) is 5.41 Å². The summed E-state index contributed by atoms with van der Waals surface area (Å²) in [6.45, 7) is 0.814. The van der Waals surface area contributed by atoms with E-state index in [9.17, 15) is 4.79 Å². The van der Waals surface area contributed by atoms with Crippen molar-refractivity contribution in [3.05, 3.63) is 22.9 Å². The molecule has 1 aliphatic rings. The zero-order chi connectivity index (χ0) is 13.3. The average Bonchev–Trinajstić information content (AvgIpc) is 3.05. The van der Waals surface area contributed by atoms with Crippen LogP contribution in [0, 0.1) is 5.41 Å². The van der Waals surface area contributed by atoms with E-state index in [2.05, 4.69) is 20.5 Å². The lowest BCUT2D eigenvalue weighted by Gasteiger charge is -2.26. The number of fused-ring (bicyclic) bond motifs is 1. The molecule has 0 amide bonds. The Bertz CT molecular complexity index is 628. The van der Waals surface area contributed by atoms with Gasteiger partial charge < -0.3 is 5.32 Å². The molecule has 0 atom stereocenters. The van der Waals surface area contributed by atoms with Gasteiger partial charge >= 0.3 is 5.69 Å². The number of halogens is 1. The minimum Gasteiger partial charge on any atom is -0.369 e. The van der Waals surface area contributed by atoms with Gasteiger partial charge in [-0.1, -0.05) is 12.8 Å². The SMILES string of the molecule is O=c1[nH]nc2cc(NCC3(CCl)CCCC3)ncn12. The molecule has 2 aromatic heterocycles. The van der Waals surface area contributed by atoms with Crippen molar-refractivity contribution in [2.75, 3.05) is 17.7 Å². The second-order valence-electron chi connectivity index (χ2n) is 5.23. The lowest BCUT2D eigenvalue weighted by Crippen LogP contribution is -2.28. The maximum atomic E-state index is 11.3. The first-order valence-electron chi connectivity index (χ1n) is 6.45. The van der Waals surface area contributed by atoms with Crippen LogP contribution in [0.15, 0.2) is 17.2 Å². The number of aromatic amines is 1. The molecular formula is C12H16ClN5O. The first-order chi connectivity index (χ1) is 9.22. The monoisotopic (exact) mass is 281 g/mol. The number of nitrogens with one attached hydrogen (secondary N) is 2. The van der Waals surface area contributed by atoms with E-state index in [-0.39, 0.29) is 11.1 Å². The largest absolute Gasteiger partial charge is 0.369 e. The second-order valence-corrected chi connectivity index (χ2v) is 5.49. The summed E-state index contributed by atoms with van der Waals surface area (Å²) in [5.41, 5.74) is 0.469. The molecule has 6 nitrogen and oxygen atoms in total. The number of rotatable bonds is 4. The molecule has 0 spiro atoms. The maximum absolute atomic E-state index is 11.3. The van der Waals surface area contributed by atoms with E-state index in [0.29, 0.717) is 11.5 Å². The summed E-state index contributed by atoms with van der Waals surface area (Å²) in [5.74, 6) is 1.40. The van der Waals surface area contributed by atoms with Gasteiger partial charge in [-0.3, -0.25) is 0 Å². The minimum absolute atomic E-state index is 0.181. The summed E-state index contributed by atoms with van der Waals surface area (Å²) in [6.07, 6.45) is 6.29. The minimum atomic E-state index is -0.276. The van der Waals surface area contributed by atoms with Crippen LogP contribution in [-0.4, -0.2) is 32.0 Å². The molecule has 2 N–H and O–H groups in total. The van der Waals surface area contributed by atoms with Gasteiger partial charge in [0.15, 0.2) is 5.65 Å². The van der Waals surface area contributed by atoms with Crippen LogP contribution in [0.4, 0.5) is 5.82 Å². The highest BCUT2D eigenvalue weighted by atomic mass is 35.5. The third-order valence-corrected chi connectivity index (χ3v) is 4.47. The molecular weight excluding hydrogens is 266 g/mol. The number of nitrogens with zero attached hydrogens (tertiary/aromatic N) is 3. The lowest BCUT2D eigenvalue weighted by atomic mass is 9.88. The predicted octanol–water partition coefficient (Wildman–Crippen LogP) is 1.63. The summed E-state index contributed by atoms with van der Waals surface area (Å²) in [6, 6.07) is 1.76. The van der Waals surface area contributed by atoms with Crippen molar-refractivity contribution >= 4 is 23.1 Å². The summed E-state index contributed by atoms with van der Waals surface area (Å²) in [7, 11) is 0. The van der Waals surface area contributed by atoms with E-state index in [1.807, 2.05) is 0 Å². The van der Waals surface area contributed by atoms with E-state index < -0.39 is 0 Å².